The van der Waals surface area contributed by atoms with Crippen molar-refractivity contribution in [2.45, 2.75) is 12.5 Å². The van der Waals surface area contributed by atoms with Gasteiger partial charge in [0, 0.05) is 26.2 Å². The van der Waals surface area contributed by atoms with E-state index in [0.29, 0.717) is 12.2 Å². The lowest BCUT2D eigenvalue weighted by Gasteiger charge is -2.12. The summed E-state index contributed by atoms with van der Waals surface area (Å²) < 4.78 is 0. The van der Waals surface area contributed by atoms with Gasteiger partial charge in [-0.1, -0.05) is 0 Å². The largest absolute Gasteiger partial charge is 0.481 e. The first-order valence-corrected chi connectivity index (χ1v) is 5.06. The molecule has 1 fully saturated rings. The molecule has 1 aromatic rings. The van der Waals surface area contributed by atoms with Gasteiger partial charge >= 0.3 is 5.97 Å². The van der Waals surface area contributed by atoms with Gasteiger partial charge < -0.3 is 15.3 Å². The van der Waals surface area contributed by atoms with Crippen LogP contribution >= 0.6 is 0 Å². The number of aromatic nitrogens is 2. The molecule has 1 aliphatic rings. The van der Waals surface area contributed by atoms with Gasteiger partial charge in [0.25, 0.3) is 0 Å². The summed E-state index contributed by atoms with van der Waals surface area (Å²) in [6, 6.07) is 1.81. The van der Waals surface area contributed by atoms with Crippen LogP contribution in [0.25, 0.3) is 0 Å². The molecule has 2 atom stereocenters. The first kappa shape index (κ1) is 10.7. The third kappa shape index (κ3) is 2.21. The van der Waals surface area contributed by atoms with Gasteiger partial charge in [0.15, 0.2) is 0 Å². The number of carbonyl (C=O) groups is 1. The average molecular weight is 222 g/mol. The van der Waals surface area contributed by atoms with Gasteiger partial charge in [-0.25, -0.2) is 9.97 Å². The molecule has 0 bridgehead atoms. The average Bonchev–Trinajstić information content (AvgIpc) is 2.97. The summed E-state index contributed by atoms with van der Waals surface area (Å²) in [5, 5.41) is 11.8. The monoisotopic (exact) mass is 222 g/mol. The van der Waals surface area contributed by atoms with Crippen molar-refractivity contribution in [2.24, 2.45) is 5.92 Å². The normalized spacial score (nSPS) is 22.6. The highest BCUT2D eigenvalue weighted by Gasteiger charge is 2.43. The van der Waals surface area contributed by atoms with Gasteiger partial charge in [-0.15, -0.1) is 0 Å². The number of hydrogen-bond donors (Lipinski definition) is 2. The van der Waals surface area contributed by atoms with Gasteiger partial charge in [-0.05, 0) is 6.42 Å². The van der Waals surface area contributed by atoms with Crippen LogP contribution in [0.2, 0.25) is 0 Å². The molecule has 0 aromatic carbocycles. The molecule has 1 aliphatic carbocycles. The molecule has 0 spiro atoms. The minimum atomic E-state index is -0.751. The van der Waals surface area contributed by atoms with Gasteiger partial charge in [0.05, 0.1) is 5.92 Å². The second-order valence-electron chi connectivity index (χ2n) is 4.09. The summed E-state index contributed by atoms with van der Waals surface area (Å²) in [7, 11) is 3.78. The number of rotatable bonds is 4. The zero-order valence-corrected chi connectivity index (χ0v) is 9.21. The van der Waals surface area contributed by atoms with Crippen LogP contribution in [-0.2, 0) is 4.79 Å². The fourth-order valence-electron chi connectivity index (χ4n) is 1.49. The summed E-state index contributed by atoms with van der Waals surface area (Å²) in [6.45, 7) is 0. The fraction of sp³-hybridized carbons (Fsp3) is 0.500. The molecule has 2 unspecified atom stereocenters. The maximum Gasteiger partial charge on any atom is 0.308 e. The fourth-order valence-corrected chi connectivity index (χ4v) is 1.49. The Bertz CT molecular complexity index is 408. The highest BCUT2D eigenvalue weighted by Crippen LogP contribution is 2.33. The summed E-state index contributed by atoms with van der Waals surface area (Å²) >= 11 is 0. The Balaban J connectivity index is 2.00. The Morgan fingerprint density at radius 2 is 2.31 bits per heavy atom. The van der Waals surface area contributed by atoms with E-state index in [9.17, 15) is 4.79 Å². The predicted octanol–water partition coefficient (Wildman–Crippen LogP) is 0.428. The second-order valence-corrected chi connectivity index (χ2v) is 4.09. The number of carboxylic acids is 1. The summed E-state index contributed by atoms with van der Waals surface area (Å²) in [4.78, 5) is 20.7. The minimum absolute atomic E-state index is 0.00223. The first-order chi connectivity index (χ1) is 7.58. The summed E-state index contributed by atoms with van der Waals surface area (Å²) in [5.74, 6) is 0.439. The highest BCUT2D eigenvalue weighted by molar-refractivity contribution is 5.75. The minimum Gasteiger partial charge on any atom is -0.481 e. The van der Waals surface area contributed by atoms with Crippen LogP contribution in [0.15, 0.2) is 12.4 Å². The lowest BCUT2D eigenvalue weighted by molar-refractivity contribution is -0.138. The van der Waals surface area contributed by atoms with E-state index < -0.39 is 5.97 Å². The van der Waals surface area contributed by atoms with E-state index in [2.05, 4.69) is 15.3 Å². The van der Waals surface area contributed by atoms with E-state index >= 15 is 0 Å². The molecule has 0 amide bonds. The molecule has 1 saturated carbocycles. The predicted molar refractivity (Wildman–Crippen MR) is 59.5 cm³/mol. The van der Waals surface area contributed by atoms with Crippen molar-refractivity contribution in [2.75, 3.05) is 24.3 Å². The molecular formula is C10H14N4O2. The number of nitrogens with one attached hydrogen (secondary N) is 1. The molecule has 0 saturated heterocycles. The van der Waals surface area contributed by atoms with Gasteiger partial charge in [0.2, 0.25) is 0 Å². The Hall–Kier alpha value is -1.85. The standard InChI is InChI=1S/C10H14N4O2/c1-14(2)9-4-8(11-5-12-9)13-7-3-6(7)10(15)16/h4-7H,3H2,1-2H3,(H,15,16)(H,11,12,13). The first-order valence-electron chi connectivity index (χ1n) is 5.06. The summed E-state index contributed by atoms with van der Waals surface area (Å²) in [5.41, 5.74) is 0. The van der Waals surface area contributed by atoms with Crippen LogP contribution < -0.4 is 10.2 Å². The van der Waals surface area contributed by atoms with Crippen LogP contribution in [0.4, 0.5) is 11.6 Å². The van der Waals surface area contributed by atoms with Crippen LogP contribution in [0, 0.1) is 5.92 Å². The van der Waals surface area contributed by atoms with E-state index in [-0.39, 0.29) is 12.0 Å². The quantitative estimate of drug-likeness (QED) is 0.769. The number of carboxylic acid groups (broad SMARTS) is 1. The molecule has 2 N–H and O–H groups in total. The lowest BCUT2D eigenvalue weighted by atomic mass is 10.4. The van der Waals surface area contributed by atoms with E-state index in [1.54, 1.807) is 6.07 Å². The van der Waals surface area contributed by atoms with E-state index in [4.69, 9.17) is 5.11 Å². The smallest absolute Gasteiger partial charge is 0.308 e. The molecule has 1 heterocycles. The van der Waals surface area contributed by atoms with Crippen LogP contribution in [0.3, 0.4) is 0 Å². The number of nitrogens with zero attached hydrogens (tertiary/aromatic N) is 3. The van der Waals surface area contributed by atoms with Crippen molar-refractivity contribution in [3.63, 3.8) is 0 Å². The highest BCUT2D eigenvalue weighted by atomic mass is 16.4. The van der Waals surface area contributed by atoms with E-state index in [0.717, 1.165) is 5.82 Å². The van der Waals surface area contributed by atoms with Crippen molar-refractivity contribution in [3.05, 3.63) is 12.4 Å². The van der Waals surface area contributed by atoms with Crippen LogP contribution in [-0.4, -0.2) is 41.2 Å². The number of hydrogen-bond acceptors (Lipinski definition) is 5. The Morgan fingerprint density at radius 3 is 2.88 bits per heavy atom. The number of aliphatic carboxylic acids is 1. The van der Waals surface area contributed by atoms with Crippen molar-refractivity contribution in [1.82, 2.24) is 9.97 Å². The third-order valence-corrected chi connectivity index (χ3v) is 2.55. The van der Waals surface area contributed by atoms with Gasteiger partial charge in [-0.3, -0.25) is 4.79 Å². The molecular weight excluding hydrogens is 208 g/mol. The van der Waals surface area contributed by atoms with Crippen LogP contribution in [0.5, 0.6) is 0 Å². The van der Waals surface area contributed by atoms with Crippen molar-refractivity contribution in [3.8, 4) is 0 Å². The Labute approximate surface area is 93.3 Å². The molecule has 0 radical (unpaired) electrons. The third-order valence-electron chi connectivity index (χ3n) is 2.55. The zero-order valence-electron chi connectivity index (χ0n) is 9.21. The molecule has 6 heteroatoms. The molecule has 2 rings (SSSR count). The second kappa shape index (κ2) is 3.96. The van der Waals surface area contributed by atoms with Crippen molar-refractivity contribution < 1.29 is 9.90 Å². The van der Waals surface area contributed by atoms with Crippen molar-refractivity contribution >= 4 is 17.6 Å². The topological polar surface area (TPSA) is 78.4 Å². The SMILES string of the molecule is CN(C)c1cc(NC2CC2C(=O)O)ncn1. The maximum absolute atomic E-state index is 10.7. The molecule has 1 aromatic heterocycles. The van der Waals surface area contributed by atoms with Crippen molar-refractivity contribution in [1.29, 1.82) is 0 Å². The molecule has 86 valence electrons. The maximum atomic E-state index is 10.7. The van der Waals surface area contributed by atoms with Gasteiger partial charge in [-0.2, -0.15) is 0 Å². The molecule has 16 heavy (non-hydrogen) atoms. The number of anilines is 2. The van der Waals surface area contributed by atoms with E-state index in [1.807, 2.05) is 19.0 Å². The molecule has 6 nitrogen and oxygen atoms in total. The Morgan fingerprint density at radius 1 is 1.56 bits per heavy atom. The van der Waals surface area contributed by atoms with E-state index in [1.165, 1.54) is 6.33 Å². The lowest BCUT2D eigenvalue weighted by Crippen LogP contribution is -2.14. The Kier molecular flexibility index (Phi) is 2.64. The van der Waals surface area contributed by atoms with Crippen LogP contribution in [0.1, 0.15) is 6.42 Å². The molecule has 0 aliphatic heterocycles. The van der Waals surface area contributed by atoms with Gasteiger partial charge in [0.1, 0.15) is 18.0 Å². The zero-order chi connectivity index (χ0) is 11.7. The summed E-state index contributed by atoms with van der Waals surface area (Å²) in [6.07, 6.45) is 2.13.